The highest BCUT2D eigenvalue weighted by atomic mass is 16.6. The molecule has 0 spiro atoms. The van der Waals surface area contributed by atoms with Gasteiger partial charge in [0.05, 0.1) is 25.0 Å². The largest absolute Gasteiger partial charge is 0.492 e. The van der Waals surface area contributed by atoms with Crippen molar-refractivity contribution < 1.29 is 43.2 Å². The minimum atomic E-state index is -1.00. The van der Waals surface area contributed by atoms with Gasteiger partial charge in [0, 0.05) is 37.4 Å². The number of hydrogen-bond donors (Lipinski definition) is 3. The van der Waals surface area contributed by atoms with Crippen LogP contribution < -0.4 is 11.1 Å². The number of carbonyl (C=O) groups excluding carboxylic acids is 4. The van der Waals surface area contributed by atoms with E-state index in [0.717, 1.165) is 6.08 Å². The van der Waals surface area contributed by atoms with Gasteiger partial charge in [0.15, 0.2) is 11.9 Å². The van der Waals surface area contributed by atoms with Crippen molar-refractivity contribution in [2.45, 2.75) is 65.0 Å². The molecule has 0 saturated carbocycles. The first-order chi connectivity index (χ1) is 18.8. The first kappa shape index (κ1) is 32.7. The average molecular weight is 561 g/mol. The second kappa shape index (κ2) is 14.7. The lowest BCUT2D eigenvalue weighted by Crippen LogP contribution is -2.37. The van der Waals surface area contributed by atoms with Crippen molar-refractivity contribution in [3.8, 4) is 0 Å². The zero-order valence-corrected chi connectivity index (χ0v) is 24.1. The van der Waals surface area contributed by atoms with E-state index in [-0.39, 0.29) is 34.9 Å². The molecule has 11 nitrogen and oxygen atoms in total. The summed E-state index contributed by atoms with van der Waals surface area (Å²) in [6.45, 7) is 6.92. The van der Waals surface area contributed by atoms with Crippen LogP contribution in [0, 0.1) is 11.8 Å². The smallest absolute Gasteiger partial charge is 0.405 e. The average Bonchev–Trinajstić information content (AvgIpc) is 2.90. The summed E-state index contributed by atoms with van der Waals surface area (Å²) in [6.07, 6.45) is 3.61. The van der Waals surface area contributed by atoms with Gasteiger partial charge in [0.2, 0.25) is 11.6 Å². The molecule has 220 valence electrons. The molecule has 0 radical (unpaired) electrons. The molecule has 1 aliphatic heterocycles. The minimum absolute atomic E-state index is 0.0801. The van der Waals surface area contributed by atoms with E-state index in [2.05, 4.69) is 5.32 Å². The van der Waals surface area contributed by atoms with E-state index in [1.807, 2.05) is 6.92 Å². The van der Waals surface area contributed by atoms with Crippen molar-refractivity contribution in [3.05, 3.63) is 58.6 Å². The zero-order valence-electron chi connectivity index (χ0n) is 24.1. The van der Waals surface area contributed by atoms with E-state index in [0.29, 0.717) is 12.0 Å². The fourth-order valence-electron chi connectivity index (χ4n) is 4.78. The van der Waals surface area contributed by atoms with Gasteiger partial charge in [-0.15, -0.1) is 0 Å². The Kier molecular flexibility index (Phi) is 12.0. The number of aliphatic hydroxyl groups is 1. The molecule has 0 aromatic carbocycles. The van der Waals surface area contributed by atoms with Crippen molar-refractivity contribution in [2.24, 2.45) is 17.6 Å². The third-order valence-corrected chi connectivity index (χ3v) is 6.95. The normalized spacial score (nSPS) is 32.7. The number of hydrogen-bond acceptors (Lipinski definition) is 9. The Morgan fingerprint density at radius 1 is 1.10 bits per heavy atom. The summed E-state index contributed by atoms with van der Waals surface area (Å²) in [5.41, 5.74) is 6.12. The molecule has 2 amide bonds. The SMILES string of the molecule is COC1=C2CC(C)CC(OC)C(O)C(C)/C=C(/C)C(OC(N)=O)C(OC)/C=C\C=C(/C)C(=O)NC(=CC1=O)C2=O. The molecule has 40 heavy (non-hydrogen) atoms. The topological polar surface area (TPSA) is 163 Å². The number of fused-ring (bicyclic) bond motifs is 2. The van der Waals surface area contributed by atoms with E-state index >= 15 is 0 Å². The van der Waals surface area contributed by atoms with Gasteiger partial charge in [0.25, 0.3) is 5.91 Å². The Labute approximate surface area is 234 Å². The molecular formula is C29H40N2O9. The van der Waals surface area contributed by atoms with Crippen molar-refractivity contribution >= 4 is 23.6 Å². The molecule has 2 bridgehead atoms. The summed E-state index contributed by atoms with van der Waals surface area (Å²) in [7, 11) is 4.21. The maximum Gasteiger partial charge on any atom is 0.405 e. The highest BCUT2D eigenvalue weighted by molar-refractivity contribution is 6.23. The predicted molar refractivity (Wildman–Crippen MR) is 147 cm³/mol. The molecular weight excluding hydrogens is 520 g/mol. The molecule has 6 atom stereocenters. The third-order valence-electron chi connectivity index (χ3n) is 6.95. The Morgan fingerprint density at radius 3 is 2.35 bits per heavy atom. The number of nitrogens with two attached hydrogens (primary N) is 1. The number of amides is 2. The Bertz CT molecular complexity index is 1150. The number of rotatable bonds is 4. The number of Topliss-reactive ketones (excluding diaryl/α,β-unsaturated/α-hetero) is 1. The number of allylic oxidation sites excluding steroid dienone is 4. The first-order valence-electron chi connectivity index (χ1n) is 13.0. The Hall–Kier alpha value is -3.54. The molecule has 1 aliphatic carbocycles. The van der Waals surface area contributed by atoms with Crippen LogP contribution in [-0.2, 0) is 33.3 Å². The van der Waals surface area contributed by atoms with E-state index in [1.54, 1.807) is 32.1 Å². The maximum absolute atomic E-state index is 13.3. The van der Waals surface area contributed by atoms with Crippen molar-refractivity contribution in [3.63, 3.8) is 0 Å². The van der Waals surface area contributed by atoms with Crippen LogP contribution in [0.25, 0.3) is 0 Å². The lowest BCUT2D eigenvalue weighted by molar-refractivity contribution is -0.120. The fourth-order valence-corrected chi connectivity index (χ4v) is 4.78. The molecule has 6 unspecified atom stereocenters. The standard InChI is InChI=1S/C29H40N2O9/c1-15-11-19-25(34)20(14-21(32)27(19)39-7)31-28(35)16(2)9-8-10-22(37-5)26(40-29(30)36)18(4)13-17(3)24(33)23(12-15)38-6/h8-10,13-15,17,22-24,26,33H,11-12H2,1-7H3,(H2,30,36)(H,31,35)/b10-8-,16-9+,18-13-. The van der Waals surface area contributed by atoms with Crippen LogP contribution in [0.3, 0.4) is 0 Å². The summed E-state index contributed by atoms with van der Waals surface area (Å²) in [4.78, 5) is 50.6. The van der Waals surface area contributed by atoms with E-state index in [1.165, 1.54) is 34.3 Å². The predicted octanol–water partition coefficient (Wildman–Crippen LogP) is 2.41. The molecule has 0 saturated heterocycles. The van der Waals surface area contributed by atoms with Gasteiger partial charge in [-0.05, 0) is 38.2 Å². The first-order valence-corrected chi connectivity index (χ1v) is 13.0. The summed E-state index contributed by atoms with van der Waals surface area (Å²) in [5, 5.41) is 13.7. The van der Waals surface area contributed by atoms with E-state index < -0.39 is 53.9 Å². The summed E-state index contributed by atoms with van der Waals surface area (Å²) in [5.74, 6) is -2.39. The molecule has 11 heteroatoms. The van der Waals surface area contributed by atoms with Gasteiger partial charge in [-0.1, -0.05) is 38.2 Å². The highest BCUT2D eigenvalue weighted by Gasteiger charge is 2.34. The summed E-state index contributed by atoms with van der Waals surface area (Å²) >= 11 is 0. The fraction of sp³-hybridized carbons (Fsp3) is 0.517. The van der Waals surface area contributed by atoms with Gasteiger partial charge in [-0.2, -0.15) is 0 Å². The molecule has 0 aromatic heterocycles. The van der Waals surface area contributed by atoms with Crippen LogP contribution in [0.5, 0.6) is 0 Å². The maximum atomic E-state index is 13.3. The van der Waals surface area contributed by atoms with Crippen LogP contribution in [-0.4, -0.2) is 74.4 Å². The molecule has 0 aromatic rings. The lowest BCUT2D eigenvalue weighted by atomic mass is 9.85. The number of nitrogens with one attached hydrogen (secondary N) is 1. The third kappa shape index (κ3) is 8.23. The van der Waals surface area contributed by atoms with Gasteiger partial charge >= 0.3 is 6.09 Å². The van der Waals surface area contributed by atoms with Crippen LogP contribution in [0.4, 0.5) is 4.79 Å². The van der Waals surface area contributed by atoms with Crippen molar-refractivity contribution in [1.82, 2.24) is 5.32 Å². The number of ketones is 2. The van der Waals surface area contributed by atoms with Crippen molar-refractivity contribution in [1.29, 1.82) is 0 Å². The monoisotopic (exact) mass is 560 g/mol. The van der Waals surface area contributed by atoms with Gasteiger partial charge in [-0.3, -0.25) is 14.4 Å². The van der Waals surface area contributed by atoms with Crippen LogP contribution in [0.1, 0.15) is 40.5 Å². The molecule has 1 heterocycles. The summed E-state index contributed by atoms with van der Waals surface area (Å²) in [6, 6.07) is 0. The van der Waals surface area contributed by atoms with Gasteiger partial charge in [0.1, 0.15) is 6.10 Å². The molecule has 2 rings (SSSR count). The number of aliphatic hydroxyl groups excluding tert-OH is 1. The lowest BCUT2D eigenvalue weighted by Gasteiger charge is -2.29. The Morgan fingerprint density at radius 2 is 1.77 bits per heavy atom. The number of primary amides is 1. The van der Waals surface area contributed by atoms with E-state index in [4.69, 9.17) is 24.7 Å². The number of carbonyl (C=O) groups is 4. The number of methoxy groups -OCH3 is 3. The molecule has 0 fully saturated rings. The minimum Gasteiger partial charge on any atom is -0.492 e. The molecule has 4 N–H and O–H groups in total. The van der Waals surface area contributed by atoms with E-state index in [9.17, 15) is 24.3 Å². The Balaban J connectivity index is 2.60. The number of ether oxygens (including phenoxy) is 4. The van der Waals surface area contributed by atoms with Gasteiger partial charge < -0.3 is 35.1 Å². The second-order valence-electron chi connectivity index (χ2n) is 10.1. The second-order valence-corrected chi connectivity index (χ2v) is 10.1. The molecule has 2 aliphatic rings. The van der Waals surface area contributed by atoms with Crippen LogP contribution in [0.15, 0.2) is 58.6 Å². The zero-order chi connectivity index (χ0) is 30.1. The summed E-state index contributed by atoms with van der Waals surface area (Å²) < 4.78 is 21.7. The quantitative estimate of drug-likeness (QED) is 0.346. The van der Waals surface area contributed by atoms with Gasteiger partial charge in [-0.25, -0.2) is 4.79 Å². The van der Waals surface area contributed by atoms with Crippen LogP contribution >= 0.6 is 0 Å². The van der Waals surface area contributed by atoms with Crippen LogP contribution in [0.2, 0.25) is 0 Å². The highest BCUT2D eigenvalue weighted by Crippen LogP contribution is 2.29. The van der Waals surface area contributed by atoms with Crippen molar-refractivity contribution in [2.75, 3.05) is 21.3 Å².